The van der Waals surface area contributed by atoms with E-state index in [9.17, 15) is 13.2 Å². The van der Waals surface area contributed by atoms with Gasteiger partial charge in [-0.15, -0.1) is 0 Å². The van der Waals surface area contributed by atoms with Crippen LogP contribution in [0.5, 0.6) is 0 Å². The van der Waals surface area contributed by atoms with E-state index in [0.717, 1.165) is 5.56 Å². The number of aromatic nitrogens is 1. The number of amides is 1. The van der Waals surface area contributed by atoms with E-state index in [0.29, 0.717) is 18.8 Å². The molecule has 7 nitrogen and oxygen atoms in total. The monoisotopic (exact) mass is 431 g/mol. The Kier molecular flexibility index (Phi) is 6.19. The van der Waals surface area contributed by atoms with Crippen molar-refractivity contribution in [1.29, 1.82) is 0 Å². The van der Waals surface area contributed by atoms with Crippen LogP contribution >= 0.6 is 0 Å². The summed E-state index contributed by atoms with van der Waals surface area (Å²) >= 11 is 0. The molecule has 0 aliphatic carbocycles. The molecule has 0 radical (unpaired) electrons. The first kappa shape index (κ1) is 22.2. The van der Waals surface area contributed by atoms with Crippen LogP contribution in [0.2, 0.25) is 0 Å². The van der Waals surface area contributed by atoms with Gasteiger partial charge in [0, 0.05) is 32.3 Å². The van der Waals surface area contributed by atoms with E-state index in [-0.39, 0.29) is 35.1 Å². The number of hydrogen-bond acceptors (Lipinski definition) is 5. The molecule has 3 rings (SSSR count). The van der Waals surface area contributed by atoms with Crippen LogP contribution in [0.25, 0.3) is 6.08 Å². The van der Waals surface area contributed by atoms with Gasteiger partial charge in [0.05, 0.1) is 0 Å². The highest BCUT2D eigenvalue weighted by Crippen LogP contribution is 2.25. The molecule has 1 fully saturated rings. The lowest BCUT2D eigenvalue weighted by molar-refractivity contribution is -0.127. The fourth-order valence-electron chi connectivity index (χ4n) is 3.49. The summed E-state index contributed by atoms with van der Waals surface area (Å²) in [5.41, 5.74) is 2.63. The van der Waals surface area contributed by atoms with Crippen molar-refractivity contribution in [2.45, 2.75) is 44.9 Å². The highest BCUT2D eigenvalue weighted by Gasteiger charge is 2.33. The SMILES string of the molecule is Cc1noc(C)c1S(=O)(=O)N1CCN(C(=O)/C=C/c2ccc(C(C)(C)C)cc2)CC1. The van der Waals surface area contributed by atoms with Crippen LogP contribution in [0, 0.1) is 13.8 Å². The molecule has 0 saturated carbocycles. The van der Waals surface area contributed by atoms with Crippen LogP contribution in [-0.2, 0) is 20.2 Å². The smallest absolute Gasteiger partial charge is 0.248 e. The van der Waals surface area contributed by atoms with Crippen LogP contribution < -0.4 is 0 Å². The number of carbonyl (C=O) groups is 1. The normalized spacial score (nSPS) is 16.4. The molecule has 1 aromatic carbocycles. The summed E-state index contributed by atoms with van der Waals surface area (Å²) in [6.45, 7) is 10.8. The molecule has 0 atom stereocenters. The van der Waals surface area contributed by atoms with Gasteiger partial charge in [-0.05, 0) is 36.5 Å². The molecule has 1 aromatic heterocycles. The number of hydrogen-bond donors (Lipinski definition) is 0. The Labute approximate surface area is 178 Å². The number of nitrogens with zero attached hydrogens (tertiary/aromatic N) is 3. The lowest BCUT2D eigenvalue weighted by atomic mass is 9.87. The molecule has 2 aromatic rings. The van der Waals surface area contributed by atoms with Gasteiger partial charge in [-0.1, -0.05) is 50.2 Å². The topological polar surface area (TPSA) is 83.7 Å². The summed E-state index contributed by atoms with van der Waals surface area (Å²) in [6, 6.07) is 8.14. The van der Waals surface area contributed by atoms with Gasteiger partial charge in [-0.25, -0.2) is 8.42 Å². The van der Waals surface area contributed by atoms with Gasteiger partial charge < -0.3 is 9.42 Å². The molecule has 0 N–H and O–H groups in total. The van der Waals surface area contributed by atoms with E-state index in [1.165, 1.54) is 9.87 Å². The molecule has 1 aliphatic rings. The predicted molar refractivity (Wildman–Crippen MR) is 115 cm³/mol. The second kappa shape index (κ2) is 8.35. The first-order valence-corrected chi connectivity index (χ1v) is 11.4. The number of benzene rings is 1. The minimum Gasteiger partial charge on any atom is -0.360 e. The molecule has 30 heavy (non-hydrogen) atoms. The Morgan fingerprint density at radius 3 is 2.17 bits per heavy atom. The summed E-state index contributed by atoms with van der Waals surface area (Å²) in [7, 11) is -3.68. The maximum absolute atomic E-state index is 12.9. The standard InChI is InChI=1S/C22H29N3O4S/c1-16-21(17(2)29-23-16)30(27,28)25-14-12-24(13-15-25)20(26)11-8-18-6-9-19(10-7-18)22(3,4)5/h6-11H,12-15H2,1-5H3/b11-8+. The van der Waals surface area contributed by atoms with Gasteiger partial charge in [0.15, 0.2) is 5.76 Å². The minimum atomic E-state index is -3.68. The fourth-order valence-corrected chi connectivity index (χ4v) is 5.20. The Morgan fingerprint density at radius 1 is 1.07 bits per heavy atom. The van der Waals surface area contributed by atoms with Crippen LogP contribution in [0.3, 0.4) is 0 Å². The quantitative estimate of drug-likeness (QED) is 0.695. The van der Waals surface area contributed by atoms with Crippen molar-refractivity contribution < 1.29 is 17.7 Å². The van der Waals surface area contributed by atoms with Crippen LogP contribution in [0.1, 0.15) is 43.4 Å². The number of aryl methyl sites for hydroxylation is 2. The summed E-state index contributed by atoms with van der Waals surface area (Å²) in [6.07, 6.45) is 3.34. The molecule has 1 saturated heterocycles. The first-order valence-electron chi connectivity index (χ1n) is 10.0. The molecule has 0 bridgehead atoms. The molecule has 1 amide bonds. The Balaban J connectivity index is 1.61. The van der Waals surface area contributed by atoms with E-state index < -0.39 is 10.0 Å². The third-order valence-corrected chi connectivity index (χ3v) is 7.45. The Bertz CT molecular complexity index is 1020. The summed E-state index contributed by atoms with van der Waals surface area (Å²) in [5, 5.41) is 3.74. The number of piperazine rings is 1. The first-order chi connectivity index (χ1) is 14.0. The lowest BCUT2D eigenvalue weighted by Gasteiger charge is -2.33. The van der Waals surface area contributed by atoms with Crippen LogP contribution in [0.15, 0.2) is 39.8 Å². The number of sulfonamides is 1. The minimum absolute atomic E-state index is 0.0850. The van der Waals surface area contributed by atoms with Crippen molar-refractivity contribution in [1.82, 2.24) is 14.4 Å². The molecular formula is C22H29N3O4S. The molecule has 0 spiro atoms. The van der Waals surface area contributed by atoms with Gasteiger partial charge in [-0.3, -0.25) is 4.79 Å². The third kappa shape index (κ3) is 4.65. The molecular weight excluding hydrogens is 402 g/mol. The third-order valence-electron chi connectivity index (χ3n) is 5.31. The zero-order valence-corrected chi connectivity index (χ0v) is 19.0. The fraction of sp³-hybridized carbons (Fsp3) is 0.455. The van der Waals surface area contributed by atoms with Crippen molar-refractivity contribution in [2.75, 3.05) is 26.2 Å². The molecule has 1 aliphatic heterocycles. The average molecular weight is 432 g/mol. The van der Waals surface area contributed by atoms with Crippen molar-refractivity contribution in [3.05, 3.63) is 52.9 Å². The summed E-state index contributed by atoms with van der Waals surface area (Å²) in [4.78, 5) is 14.3. The summed E-state index contributed by atoms with van der Waals surface area (Å²) < 4.78 is 32.2. The van der Waals surface area contributed by atoms with E-state index in [1.807, 2.05) is 12.1 Å². The Hall–Kier alpha value is -2.45. The van der Waals surface area contributed by atoms with Gasteiger partial charge >= 0.3 is 0 Å². The van der Waals surface area contributed by atoms with Gasteiger partial charge in [0.25, 0.3) is 0 Å². The Morgan fingerprint density at radius 2 is 1.67 bits per heavy atom. The van der Waals surface area contributed by atoms with Crippen molar-refractivity contribution >= 4 is 22.0 Å². The van der Waals surface area contributed by atoms with E-state index in [1.54, 1.807) is 30.9 Å². The maximum Gasteiger partial charge on any atom is 0.248 e. The van der Waals surface area contributed by atoms with Gasteiger partial charge in [-0.2, -0.15) is 4.31 Å². The van der Waals surface area contributed by atoms with E-state index in [2.05, 4.69) is 38.1 Å². The zero-order valence-electron chi connectivity index (χ0n) is 18.2. The maximum atomic E-state index is 12.9. The van der Waals surface area contributed by atoms with Crippen molar-refractivity contribution in [2.24, 2.45) is 0 Å². The second-order valence-corrected chi connectivity index (χ2v) is 10.5. The van der Waals surface area contributed by atoms with E-state index >= 15 is 0 Å². The molecule has 2 heterocycles. The lowest BCUT2D eigenvalue weighted by Crippen LogP contribution is -2.50. The molecule has 8 heteroatoms. The largest absolute Gasteiger partial charge is 0.360 e. The second-order valence-electron chi connectivity index (χ2n) is 8.59. The number of carbonyl (C=O) groups excluding carboxylic acids is 1. The molecule has 162 valence electrons. The molecule has 0 unspecified atom stereocenters. The highest BCUT2D eigenvalue weighted by molar-refractivity contribution is 7.89. The van der Waals surface area contributed by atoms with Gasteiger partial charge in [0.2, 0.25) is 15.9 Å². The van der Waals surface area contributed by atoms with Gasteiger partial charge in [0.1, 0.15) is 10.6 Å². The van der Waals surface area contributed by atoms with Crippen LogP contribution in [0.4, 0.5) is 0 Å². The average Bonchev–Trinajstić information content (AvgIpc) is 3.04. The van der Waals surface area contributed by atoms with Crippen molar-refractivity contribution in [3.8, 4) is 0 Å². The van der Waals surface area contributed by atoms with E-state index in [4.69, 9.17) is 4.52 Å². The predicted octanol–water partition coefficient (Wildman–Crippen LogP) is 3.14. The van der Waals surface area contributed by atoms with Crippen molar-refractivity contribution in [3.63, 3.8) is 0 Å². The summed E-state index contributed by atoms with van der Waals surface area (Å²) in [5.74, 6) is 0.163. The highest BCUT2D eigenvalue weighted by atomic mass is 32.2. The zero-order chi connectivity index (χ0) is 22.1. The number of rotatable bonds is 4. The van der Waals surface area contributed by atoms with Crippen LogP contribution in [-0.4, -0.2) is 54.9 Å².